The molecule has 2 saturated heterocycles. The van der Waals surface area contributed by atoms with Gasteiger partial charge in [-0.1, -0.05) is 26.0 Å². The molecule has 0 aromatic rings. The Kier molecular flexibility index (Phi) is 5.31. The summed E-state index contributed by atoms with van der Waals surface area (Å²) in [4.78, 5) is 25.1. The lowest BCUT2D eigenvalue weighted by Gasteiger charge is -2.59. The fraction of sp³-hybridized carbons (Fsp3) is 0.652. The van der Waals surface area contributed by atoms with Crippen LogP contribution < -0.4 is 5.73 Å². The molecule has 0 aromatic carbocycles. The molecular weight excluding hydrogens is 384 g/mol. The second-order valence-corrected chi connectivity index (χ2v) is 9.47. The van der Waals surface area contributed by atoms with Crippen LogP contribution in [-0.2, 0) is 19.1 Å². The van der Waals surface area contributed by atoms with E-state index in [1.165, 1.54) is 0 Å². The minimum atomic E-state index is -0.931. The van der Waals surface area contributed by atoms with Gasteiger partial charge >= 0.3 is 5.97 Å². The Morgan fingerprint density at radius 1 is 1.37 bits per heavy atom. The summed E-state index contributed by atoms with van der Waals surface area (Å²) >= 11 is 0. The highest BCUT2D eigenvalue weighted by Crippen LogP contribution is 2.66. The molecule has 1 saturated carbocycles. The molecule has 0 amide bonds. The first-order valence-corrected chi connectivity index (χ1v) is 10.8. The summed E-state index contributed by atoms with van der Waals surface area (Å²) in [5.41, 5.74) is 5.10. The number of carbonyl (C=O) groups excluding carboxylic acids is 1. The van der Waals surface area contributed by atoms with Crippen LogP contribution in [-0.4, -0.2) is 60.6 Å². The van der Waals surface area contributed by atoms with E-state index in [0.717, 1.165) is 30.9 Å². The molecule has 1 spiro atoms. The summed E-state index contributed by atoms with van der Waals surface area (Å²) in [6, 6.07) is -0.200. The zero-order chi connectivity index (χ0) is 21.8. The van der Waals surface area contributed by atoms with E-state index in [9.17, 15) is 9.59 Å². The molecule has 0 aromatic heterocycles. The molecule has 5 rings (SSSR count). The van der Waals surface area contributed by atoms with Crippen LogP contribution in [0.1, 0.15) is 26.7 Å². The number of allylic oxidation sites excluding steroid dienone is 3. The van der Waals surface area contributed by atoms with Crippen LogP contribution in [0.2, 0.25) is 0 Å². The third-order valence-electron chi connectivity index (χ3n) is 7.72. The number of aliphatic carboxylic acids is 1. The van der Waals surface area contributed by atoms with E-state index in [-0.39, 0.29) is 23.2 Å². The van der Waals surface area contributed by atoms with Gasteiger partial charge in [0.2, 0.25) is 0 Å². The standard InChI is InChI=1S/C18H21NO3.C5H11NO2/c1-19-8-7-18-11-4-5-13(20)17(18)22-16-14(21-2)6-3-10(15(16)18)9-12(11)19;1-3(2)4(6)5(7)8/h3-6,10-12,15,17H,7-9H2,1-2H3;3-4H,6H2,1-2H3,(H,7,8)/t10?,11-,12+,15?,17-,18-;4-/m00/s1. The van der Waals surface area contributed by atoms with Crippen LogP contribution in [0.5, 0.6) is 0 Å². The first-order valence-electron chi connectivity index (χ1n) is 10.8. The van der Waals surface area contributed by atoms with Gasteiger partial charge in [-0.15, -0.1) is 0 Å². The molecule has 3 fully saturated rings. The highest BCUT2D eigenvalue weighted by Gasteiger charge is 2.69. The number of rotatable bonds is 3. The number of ether oxygens (including phenoxy) is 2. The molecule has 30 heavy (non-hydrogen) atoms. The van der Waals surface area contributed by atoms with Gasteiger partial charge < -0.3 is 25.2 Å². The number of ketones is 1. The van der Waals surface area contributed by atoms with Gasteiger partial charge in [0.05, 0.1) is 7.11 Å². The number of carboxylic acids is 1. The molecule has 0 radical (unpaired) electrons. The Labute approximate surface area is 177 Å². The number of methoxy groups -OCH3 is 1. The number of carbonyl (C=O) groups is 2. The van der Waals surface area contributed by atoms with Crippen molar-refractivity contribution in [2.75, 3.05) is 20.7 Å². The first-order chi connectivity index (χ1) is 14.2. The minimum Gasteiger partial charge on any atom is -0.493 e. The number of piperidine rings is 1. The molecule has 2 unspecified atom stereocenters. The summed E-state index contributed by atoms with van der Waals surface area (Å²) in [5, 5.41) is 8.23. The minimum absolute atomic E-state index is 0.0208. The van der Waals surface area contributed by atoms with Crippen LogP contribution >= 0.6 is 0 Å². The Morgan fingerprint density at radius 3 is 2.70 bits per heavy atom. The van der Waals surface area contributed by atoms with Crippen molar-refractivity contribution in [2.24, 2.45) is 34.8 Å². The maximum Gasteiger partial charge on any atom is 0.320 e. The highest BCUT2D eigenvalue weighted by atomic mass is 16.5. The largest absolute Gasteiger partial charge is 0.493 e. The van der Waals surface area contributed by atoms with E-state index in [2.05, 4.69) is 24.1 Å². The zero-order valence-electron chi connectivity index (χ0n) is 18.1. The normalized spacial score (nSPS) is 39.1. The van der Waals surface area contributed by atoms with Crippen LogP contribution in [0.15, 0.2) is 35.8 Å². The fourth-order valence-corrected chi connectivity index (χ4v) is 6.12. The van der Waals surface area contributed by atoms with Crippen molar-refractivity contribution in [1.29, 1.82) is 0 Å². The number of carboxylic acid groups (broad SMARTS) is 1. The number of likely N-dealkylation sites (tertiary alicyclic amines) is 1. The quantitative estimate of drug-likeness (QED) is 0.725. The van der Waals surface area contributed by atoms with Crippen molar-refractivity contribution in [3.63, 3.8) is 0 Å². The molecule has 7 nitrogen and oxygen atoms in total. The average molecular weight is 417 g/mol. The van der Waals surface area contributed by atoms with Crippen LogP contribution in [0.4, 0.5) is 0 Å². The SMILES string of the molecule is CC(C)[C@H](N)C(=O)O.COC1=C2O[C@H]3C(=O)C=C[C@H]4[C@H]5CC(C=C1)C2[C@@]34CCN5C. The molecule has 3 aliphatic carbocycles. The smallest absolute Gasteiger partial charge is 0.320 e. The van der Waals surface area contributed by atoms with Crippen molar-refractivity contribution >= 4 is 11.8 Å². The van der Waals surface area contributed by atoms with Crippen molar-refractivity contribution in [1.82, 2.24) is 4.90 Å². The third-order valence-corrected chi connectivity index (χ3v) is 7.72. The maximum absolute atomic E-state index is 12.6. The monoisotopic (exact) mass is 416 g/mol. The van der Waals surface area contributed by atoms with Crippen LogP contribution in [0.3, 0.4) is 0 Å². The van der Waals surface area contributed by atoms with Gasteiger partial charge in [-0.05, 0) is 50.4 Å². The first kappa shape index (κ1) is 21.1. The van der Waals surface area contributed by atoms with Crippen LogP contribution in [0, 0.1) is 29.1 Å². The van der Waals surface area contributed by atoms with Crippen LogP contribution in [0.25, 0.3) is 0 Å². The number of hydrogen-bond donors (Lipinski definition) is 2. The van der Waals surface area contributed by atoms with Gasteiger partial charge in [-0.25, -0.2) is 0 Å². The lowest BCUT2D eigenvalue weighted by Crippen LogP contribution is -2.64. The lowest BCUT2D eigenvalue weighted by atomic mass is 9.48. The second-order valence-electron chi connectivity index (χ2n) is 9.47. The van der Waals surface area contributed by atoms with Gasteiger partial charge in [0.1, 0.15) is 11.8 Å². The number of nitrogens with two attached hydrogens (primary N) is 1. The Morgan fingerprint density at radius 2 is 2.10 bits per heavy atom. The molecule has 2 aliphatic heterocycles. The summed E-state index contributed by atoms with van der Waals surface area (Å²) in [6.45, 7) is 4.60. The molecular formula is C23H32N2O5. The maximum atomic E-state index is 12.6. The average Bonchev–Trinajstić information content (AvgIpc) is 3.07. The molecule has 164 valence electrons. The van der Waals surface area contributed by atoms with E-state index in [1.807, 2.05) is 6.08 Å². The molecule has 2 bridgehead atoms. The molecule has 5 aliphatic rings. The zero-order valence-corrected chi connectivity index (χ0v) is 18.1. The third kappa shape index (κ3) is 2.94. The summed E-state index contributed by atoms with van der Waals surface area (Å²) < 4.78 is 11.8. The van der Waals surface area contributed by atoms with Gasteiger partial charge in [0, 0.05) is 23.3 Å². The Balaban J connectivity index is 0.000000235. The Bertz CT molecular complexity index is 831. The lowest BCUT2D eigenvalue weighted by molar-refractivity contribution is -0.141. The highest BCUT2D eigenvalue weighted by molar-refractivity contribution is 5.96. The van der Waals surface area contributed by atoms with Gasteiger partial charge in [0.25, 0.3) is 0 Å². The summed E-state index contributed by atoms with van der Waals surface area (Å²) in [5.74, 6) is 2.16. The van der Waals surface area contributed by atoms with E-state index in [0.29, 0.717) is 23.8 Å². The van der Waals surface area contributed by atoms with Gasteiger partial charge in [0.15, 0.2) is 17.6 Å². The van der Waals surface area contributed by atoms with E-state index < -0.39 is 12.0 Å². The number of hydrogen-bond acceptors (Lipinski definition) is 6. The van der Waals surface area contributed by atoms with E-state index >= 15 is 0 Å². The Hall–Kier alpha value is -2.12. The second kappa shape index (κ2) is 7.54. The topological polar surface area (TPSA) is 102 Å². The summed E-state index contributed by atoms with van der Waals surface area (Å²) in [7, 11) is 3.91. The predicted molar refractivity (Wildman–Crippen MR) is 111 cm³/mol. The molecule has 7 atom stereocenters. The van der Waals surface area contributed by atoms with E-state index in [1.54, 1.807) is 27.0 Å². The van der Waals surface area contributed by atoms with Crippen molar-refractivity contribution in [3.8, 4) is 0 Å². The van der Waals surface area contributed by atoms with Crippen molar-refractivity contribution < 1.29 is 24.2 Å². The molecule has 3 N–H and O–H groups in total. The van der Waals surface area contributed by atoms with Crippen molar-refractivity contribution in [2.45, 2.75) is 44.9 Å². The van der Waals surface area contributed by atoms with Crippen molar-refractivity contribution in [3.05, 3.63) is 35.8 Å². The predicted octanol–water partition coefficient (Wildman–Crippen LogP) is 1.95. The van der Waals surface area contributed by atoms with Gasteiger partial charge in [-0.3, -0.25) is 9.59 Å². The fourth-order valence-electron chi connectivity index (χ4n) is 6.12. The van der Waals surface area contributed by atoms with Gasteiger partial charge in [-0.2, -0.15) is 0 Å². The molecule has 7 heteroatoms. The van der Waals surface area contributed by atoms with E-state index in [4.69, 9.17) is 20.3 Å². The summed E-state index contributed by atoms with van der Waals surface area (Å²) in [6.07, 6.45) is 10.1. The molecule has 2 heterocycles. The number of nitrogens with zero attached hydrogens (tertiary/aromatic N) is 1.